The first-order valence-electron chi connectivity index (χ1n) is 5.45. The third-order valence-electron chi connectivity index (χ3n) is 2.35. The molecule has 0 heterocycles. The van der Waals surface area contributed by atoms with E-state index < -0.39 is 0 Å². The summed E-state index contributed by atoms with van der Waals surface area (Å²) in [6.07, 6.45) is 1.07. The fraction of sp³-hybridized carbons (Fsp3) is 0.417. The smallest absolute Gasteiger partial charge is 0.219 e. The maximum Gasteiger partial charge on any atom is 0.219 e. The summed E-state index contributed by atoms with van der Waals surface area (Å²) in [4.78, 5) is 11.0. The van der Waals surface area contributed by atoms with Crippen LogP contribution in [0.3, 0.4) is 0 Å². The zero-order valence-electron chi connectivity index (χ0n) is 10.0. The molecular formula is C12H17FN2O2. The summed E-state index contributed by atoms with van der Waals surface area (Å²) in [6, 6.07) is 4.50. The van der Waals surface area contributed by atoms with Crippen LogP contribution in [-0.4, -0.2) is 26.6 Å². The Morgan fingerprint density at radius 2 is 2.24 bits per heavy atom. The van der Waals surface area contributed by atoms with Gasteiger partial charge in [-0.1, -0.05) is 0 Å². The van der Waals surface area contributed by atoms with Gasteiger partial charge in [0.1, 0.15) is 11.6 Å². The van der Waals surface area contributed by atoms with Gasteiger partial charge in [-0.25, -0.2) is 4.39 Å². The summed E-state index contributed by atoms with van der Waals surface area (Å²) >= 11 is 0. The van der Waals surface area contributed by atoms with Crippen LogP contribution in [0.5, 0.6) is 5.75 Å². The zero-order chi connectivity index (χ0) is 12.7. The van der Waals surface area contributed by atoms with Crippen molar-refractivity contribution < 1.29 is 13.9 Å². The van der Waals surface area contributed by atoms with E-state index in [0.29, 0.717) is 30.8 Å². The Balaban J connectivity index is 2.43. The number of hydrogen-bond donors (Lipinski definition) is 2. The first-order valence-corrected chi connectivity index (χ1v) is 5.45. The van der Waals surface area contributed by atoms with Crippen molar-refractivity contribution in [3.8, 4) is 5.75 Å². The Morgan fingerprint density at radius 1 is 1.47 bits per heavy atom. The lowest BCUT2D eigenvalue weighted by Crippen LogP contribution is -2.18. The van der Waals surface area contributed by atoms with E-state index in [1.165, 1.54) is 13.2 Å². The molecule has 4 nitrogen and oxygen atoms in total. The Morgan fingerprint density at radius 3 is 2.88 bits per heavy atom. The lowest BCUT2D eigenvalue weighted by Gasteiger charge is -2.08. The highest BCUT2D eigenvalue weighted by Crippen LogP contribution is 2.20. The molecule has 0 atom stereocenters. The molecule has 0 saturated carbocycles. The molecule has 5 heteroatoms. The highest BCUT2D eigenvalue weighted by molar-refractivity contribution is 5.75. The normalized spacial score (nSPS) is 9.82. The van der Waals surface area contributed by atoms with Crippen molar-refractivity contribution in [3.05, 3.63) is 24.0 Å². The van der Waals surface area contributed by atoms with Crippen LogP contribution in [0.4, 0.5) is 10.1 Å². The van der Waals surface area contributed by atoms with Gasteiger partial charge in [0.15, 0.2) is 0 Å². The molecule has 0 unspecified atom stereocenters. The molecule has 0 radical (unpaired) electrons. The molecule has 1 aromatic rings. The minimum Gasteiger partial charge on any atom is -0.497 e. The van der Waals surface area contributed by atoms with Gasteiger partial charge in [0.25, 0.3) is 0 Å². The maximum absolute atomic E-state index is 13.4. The number of nitrogens with one attached hydrogen (secondary N) is 2. The van der Waals surface area contributed by atoms with Crippen molar-refractivity contribution in [3.63, 3.8) is 0 Å². The summed E-state index contributed by atoms with van der Waals surface area (Å²) in [5.74, 6) is 0.254. The average molecular weight is 240 g/mol. The summed E-state index contributed by atoms with van der Waals surface area (Å²) in [5.41, 5.74) is 0.390. The summed E-state index contributed by atoms with van der Waals surface area (Å²) in [6.45, 7) is 0.539. The van der Waals surface area contributed by atoms with Gasteiger partial charge in [-0.05, 0) is 18.6 Å². The third kappa shape index (κ3) is 4.30. The van der Waals surface area contributed by atoms with Gasteiger partial charge in [-0.3, -0.25) is 4.79 Å². The summed E-state index contributed by atoms with van der Waals surface area (Å²) in [5, 5.41) is 5.46. The van der Waals surface area contributed by atoms with Crippen molar-refractivity contribution in [1.29, 1.82) is 0 Å². The van der Waals surface area contributed by atoms with Gasteiger partial charge in [-0.15, -0.1) is 0 Å². The fourth-order valence-electron chi connectivity index (χ4n) is 1.36. The van der Waals surface area contributed by atoms with Crippen LogP contribution < -0.4 is 15.4 Å². The van der Waals surface area contributed by atoms with Crippen molar-refractivity contribution in [2.75, 3.05) is 26.0 Å². The number of halogens is 1. The van der Waals surface area contributed by atoms with Crippen molar-refractivity contribution >= 4 is 11.6 Å². The van der Waals surface area contributed by atoms with E-state index in [9.17, 15) is 9.18 Å². The molecule has 17 heavy (non-hydrogen) atoms. The van der Waals surface area contributed by atoms with E-state index in [2.05, 4.69) is 10.6 Å². The van der Waals surface area contributed by atoms with Crippen LogP contribution >= 0.6 is 0 Å². The zero-order valence-corrected chi connectivity index (χ0v) is 10.0. The topological polar surface area (TPSA) is 50.4 Å². The van der Waals surface area contributed by atoms with Gasteiger partial charge in [0.2, 0.25) is 5.91 Å². The van der Waals surface area contributed by atoms with Crippen LogP contribution in [-0.2, 0) is 4.79 Å². The van der Waals surface area contributed by atoms with E-state index in [4.69, 9.17) is 4.74 Å². The molecule has 0 aromatic heterocycles. The monoisotopic (exact) mass is 240 g/mol. The van der Waals surface area contributed by atoms with Gasteiger partial charge in [-0.2, -0.15) is 0 Å². The molecule has 1 rings (SSSR count). The number of rotatable bonds is 6. The van der Waals surface area contributed by atoms with E-state index >= 15 is 0 Å². The Hall–Kier alpha value is -1.78. The Kier molecular flexibility index (Phi) is 5.26. The number of hydrogen-bond acceptors (Lipinski definition) is 3. The number of carbonyl (C=O) groups is 1. The van der Waals surface area contributed by atoms with Gasteiger partial charge in [0.05, 0.1) is 12.8 Å². The van der Waals surface area contributed by atoms with Crippen molar-refractivity contribution in [1.82, 2.24) is 5.32 Å². The number of amides is 1. The summed E-state index contributed by atoms with van der Waals surface area (Å²) < 4.78 is 18.4. The largest absolute Gasteiger partial charge is 0.497 e. The average Bonchev–Trinajstić information content (AvgIpc) is 2.36. The molecule has 0 saturated heterocycles. The third-order valence-corrected chi connectivity index (χ3v) is 2.35. The first-order chi connectivity index (χ1) is 8.17. The predicted octanol–water partition coefficient (Wildman–Crippen LogP) is 1.77. The fourth-order valence-corrected chi connectivity index (χ4v) is 1.36. The van der Waals surface area contributed by atoms with Gasteiger partial charge in [0, 0.05) is 26.1 Å². The first kappa shape index (κ1) is 13.3. The van der Waals surface area contributed by atoms with E-state index in [1.54, 1.807) is 19.2 Å². The second-order valence-corrected chi connectivity index (χ2v) is 3.55. The van der Waals surface area contributed by atoms with E-state index in [-0.39, 0.29) is 11.7 Å². The van der Waals surface area contributed by atoms with Crippen LogP contribution in [0.15, 0.2) is 18.2 Å². The van der Waals surface area contributed by atoms with Gasteiger partial charge < -0.3 is 15.4 Å². The molecule has 94 valence electrons. The molecule has 0 aliphatic heterocycles. The molecular weight excluding hydrogens is 223 g/mol. The lowest BCUT2D eigenvalue weighted by molar-refractivity contribution is -0.120. The number of carbonyl (C=O) groups excluding carboxylic acids is 1. The SMILES string of the molecule is CNC(=O)CCCNc1cc(OC)ccc1F. The molecule has 1 amide bonds. The maximum atomic E-state index is 13.4. The summed E-state index contributed by atoms with van der Waals surface area (Å²) in [7, 11) is 3.13. The van der Waals surface area contributed by atoms with E-state index in [0.717, 1.165) is 0 Å². The molecule has 0 aliphatic rings. The minimum absolute atomic E-state index is 0.0158. The number of benzene rings is 1. The molecule has 1 aromatic carbocycles. The second kappa shape index (κ2) is 6.73. The second-order valence-electron chi connectivity index (χ2n) is 3.55. The quantitative estimate of drug-likeness (QED) is 0.745. The standard InChI is InChI=1S/C12H17FN2O2/c1-14-12(16)4-3-7-15-11-8-9(17-2)5-6-10(11)13/h5-6,8,15H,3-4,7H2,1-2H3,(H,14,16). The highest BCUT2D eigenvalue weighted by atomic mass is 19.1. The lowest BCUT2D eigenvalue weighted by atomic mass is 10.2. The van der Waals surface area contributed by atoms with Crippen LogP contribution in [0, 0.1) is 5.82 Å². The number of anilines is 1. The minimum atomic E-state index is -0.328. The van der Waals surface area contributed by atoms with Crippen molar-refractivity contribution in [2.24, 2.45) is 0 Å². The van der Waals surface area contributed by atoms with Crippen LogP contribution in [0.1, 0.15) is 12.8 Å². The van der Waals surface area contributed by atoms with Gasteiger partial charge >= 0.3 is 0 Å². The van der Waals surface area contributed by atoms with Crippen molar-refractivity contribution in [2.45, 2.75) is 12.8 Å². The molecule has 0 aliphatic carbocycles. The molecule has 0 fully saturated rings. The highest BCUT2D eigenvalue weighted by Gasteiger charge is 2.03. The van der Waals surface area contributed by atoms with Crippen LogP contribution in [0.2, 0.25) is 0 Å². The molecule has 0 spiro atoms. The number of methoxy groups -OCH3 is 1. The molecule has 0 bridgehead atoms. The Bertz CT molecular complexity index is 383. The van der Waals surface area contributed by atoms with Crippen LogP contribution in [0.25, 0.3) is 0 Å². The predicted molar refractivity (Wildman–Crippen MR) is 64.7 cm³/mol. The molecule has 2 N–H and O–H groups in total. The number of ether oxygens (including phenoxy) is 1. The van der Waals surface area contributed by atoms with E-state index in [1.807, 2.05) is 0 Å². The Labute approximate surface area is 100 Å².